The molecule has 0 radical (unpaired) electrons. The summed E-state index contributed by atoms with van der Waals surface area (Å²) >= 11 is 0. The lowest BCUT2D eigenvalue weighted by atomic mass is 10.0. The molecule has 0 aromatic heterocycles. The van der Waals surface area contributed by atoms with Crippen LogP contribution in [0.1, 0.15) is 28.8 Å². The highest BCUT2D eigenvalue weighted by molar-refractivity contribution is 5.97. The maximum Gasteiger partial charge on any atom is 0.257 e. The van der Waals surface area contributed by atoms with Crippen LogP contribution in [0, 0.1) is 6.92 Å². The average Bonchev–Trinajstić information content (AvgIpc) is 2.45. The third kappa shape index (κ3) is 3.49. The number of phenols is 1. The first-order valence-electron chi connectivity index (χ1n) is 6.93. The Kier molecular flexibility index (Phi) is 4.98. The van der Waals surface area contributed by atoms with E-state index in [1.807, 2.05) is 13.0 Å². The fourth-order valence-corrected chi connectivity index (χ4v) is 2.44. The van der Waals surface area contributed by atoms with Crippen LogP contribution in [0.2, 0.25) is 0 Å². The molecule has 0 unspecified atom stereocenters. The van der Waals surface area contributed by atoms with Crippen molar-refractivity contribution in [3.8, 4) is 5.75 Å². The molecule has 1 aromatic carbocycles. The minimum Gasteiger partial charge on any atom is -0.507 e. The SMILES string of the molecule is Cc1ccc(C(=O)N2CCC(OCCO)CC2)c(O)c1. The summed E-state index contributed by atoms with van der Waals surface area (Å²) in [4.78, 5) is 14.1. The van der Waals surface area contributed by atoms with Crippen molar-refractivity contribution in [2.45, 2.75) is 25.9 Å². The fourth-order valence-electron chi connectivity index (χ4n) is 2.44. The molecule has 0 saturated carbocycles. The molecule has 110 valence electrons. The number of likely N-dealkylation sites (tertiary alicyclic amines) is 1. The maximum absolute atomic E-state index is 12.3. The second-order valence-electron chi connectivity index (χ2n) is 5.11. The van der Waals surface area contributed by atoms with Gasteiger partial charge in [0.25, 0.3) is 5.91 Å². The largest absolute Gasteiger partial charge is 0.507 e. The predicted molar refractivity (Wildman–Crippen MR) is 74.8 cm³/mol. The number of nitrogens with zero attached hydrogens (tertiary/aromatic N) is 1. The molecule has 0 atom stereocenters. The van der Waals surface area contributed by atoms with Gasteiger partial charge in [0.05, 0.1) is 24.9 Å². The number of ether oxygens (including phenoxy) is 1. The van der Waals surface area contributed by atoms with Crippen molar-refractivity contribution in [3.63, 3.8) is 0 Å². The van der Waals surface area contributed by atoms with Gasteiger partial charge in [0.1, 0.15) is 5.75 Å². The number of aliphatic hydroxyl groups is 1. The maximum atomic E-state index is 12.3. The molecule has 1 aromatic rings. The normalized spacial score (nSPS) is 16.4. The second-order valence-corrected chi connectivity index (χ2v) is 5.11. The van der Waals surface area contributed by atoms with Gasteiger partial charge in [-0.3, -0.25) is 4.79 Å². The van der Waals surface area contributed by atoms with Crippen LogP contribution in [-0.4, -0.2) is 53.4 Å². The van der Waals surface area contributed by atoms with Gasteiger partial charge in [0.15, 0.2) is 0 Å². The fraction of sp³-hybridized carbons (Fsp3) is 0.533. The molecule has 1 fully saturated rings. The zero-order chi connectivity index (χ0) is 14.5. The van der Waals surface area contributed by atoms with E-state index >= 15 is 0 Å². The van der Waals surface area contributed by atoms with Crippen molar-refractivity contribution in [1.29, 1.82) is 0 Å². The van der Waals surface area contributed by atoms with Gasteiger partial charge in [0.2, 0.25) is 0 Å². The topological polar surface area (TPSA) is 70.0 Å². The molecule has 2 N–H and O–H groups in total. The molecule has 5 heteroatoms. The summed E-state index contributed by atoms with van der Waals surface area (Å²) in [5.74, 6) is -0.100. The van der Waals surface area contributed by atoms with Crippen LogP contribution in [0.25, 0.3) is 0 Å². The Bertz CT molecular complexity index is 467. The van der Waals surface area contributed by atoms with Crippen molar-refractivity contribution in [3.05, 3.63) is 29.3 Å². The first kappa shape index (κ1) is 14.8. The molecule has 1 amide bonds. The highest BCUT2D eigenvalue weighted by Crippen LogP contribution is 2.22. The lowest BCUT2D eigenvalue weighted by molar-refractivity contribution is -0.00558. The van der Waals surface area contributed by atoms with Crippen molar-refractivity contribution < 1.29 is 19.7 Å². The third-order valence-corrected chi connectivity index (χ3v) is 3.56. The lowest BCUT2D eigenvalue weighted by Gasteiger charge is -2.32. The van der Waals surface area contributed by atoms with Gasteiger partial charge >= 0.3 is 0 Å². The van der Waals surface area contributed by atoms with Crippen LogP contribution in [0.5, 0.6) is 5.75 Å². The molecule has 1 saturated heterocycles. The first-order valence-corrected chi connectivity index (χ1v) is 6.93. The Balaban J connectivity index is 1.94. The number of aliphatic hydroxyl groups excluding tert-OH is 1. The molecule has 1 aliphatic rings. The highest BCUT2D eigenvalue weighted by atomic mass is 16.5. The quantitative estimate of drug-likeness (QED) is 0.872. The number of phenolic OH excluding ortho intramolecular Hbond substituents is 1. The van der Waals surface area contributed by atoms with Crippen molar-refractivity contribution in [2.75, 3.05) is 26.3 Å². The van der Waals surface area contributed by atoms with E-state index < -0.39 is 0 Å². The summed E-state index contributed by atoms with van der Waals surface area (Å²) in [6.45, 7) is 3.47. The smallest absolute Gasteiger partial charge is 0.257 e. The van der Waals surface area contributed by atoms with Gasteiger partial charge in [-0.05, 0) is 37.5 Å². The summed E-state index contributed by atoms with van der Waals surface area (Å²) in [6.07, 6.45) is 1.63. The van der Waals surface area contributed by atoms with Crippen LogP contribution in [0.4, 0.5) is 0 Å². The Labute approximate surface area is 118 Å². The summed E-state index contributed by atoms with van der Waals surface area (Å²) in [7, 11) is 0. The van der Waals surface area contributed by atoms with Gasteiger partial charge in [-0.2, -0.15) is 0 Å². The van der Waals surface area contributed by atoms with Gasteiger partial charge in [-0.1, -0.05) is 6.07 Å². The van der Waals surface area contributed by atoms with Crippen LogP contribution in [0.3, 0.4) is 0 Å². The number of rotatable bonds is 4. The minimum absolute atomic E-state index is 0.0242. The van der Waals surface area contributed by atoms with Crippen LogP contribution in [0.15, 0.2) is 18.2 Å². The van der Waals surface area contributed by atoms with Gasteiger partial charge in [-0.15, -0.1) is 0 Å². The highest BCUT2D eigenvalue weighted by Gasteiger charge is 2.25. The summed E-state index contributed by atoms with van der Waals surface area (Å²) in [6, 6.07) is 5.09. The van der Waals surface area contributed by atoms with Crippen LogP contribution >= 0.6 is 0 Å². The Morgan fingerprint density at radius 1 is 1.40 bits per heavy atom. The number of aryl methyl sites for hydroxylation is 1. The number of amides is 1. The molecular weight excluding hydrogens is 258 g/mol. The van der Waals surface area contributed by atoms with Crippen molar-refractivity contribution in [2.24, 2.45) is 0 Å². The van der Waals surface area contributed by atoms with Crippen LogP contribution < -0.4 is 0 Å². The Morgan fingerprint density at radius 3 is 2.70 bits per heavy atom. The predicted octanol–water partition coefficient (Wildman–Crippen LogP) is 1.31. The summed E-state index contributed by atoms with van der Waals surface area (Å²) in [5.41, 5.74) is 1.28. The van der Waals surface area contributed by atoms with Gasteiger partial charge in [0, 0.05) is 13.1 Å². The van der Waals surface area contributed by atoms with E-state index in [4.69, 9.17) is 9.84 Å². The molecule has 0 aliphatic carbocycles. The number of hydrogen-bond acceptors (Lipinski definition) is 4. The third-order valence-electron chi connectivity index (χ3n) is 3.56. The second kappa shape index (κ2) is 6.72. The number of carbonyl (C=O) groups excluding carboxylic acids is 1. The zero-order valence-corrected chi connectivity index (χ0v) is 11.7. The van der Waals surface area contributed by atoms with E-state index in [0.717, 1.165) is 18.4 Å². The standard InChI is InChI=1S/C15H21NO4/c1-11-2-3-13(14(18)10-11)15(19)16-6-4-12(5-7-16)20-9-8-17/h2-3,10,12,17-18H,4-9H2,1H3. The number of hydrogen-bond donors (Lipinski definition) is 2. The van der Waals surface area contributed by atoms with Gasteiger partial charge in [-0.25, -0.2) is 0 Å². The number of carbonyl (C=O) groups is 1. The van der Waals surface area contributed by atoms with Crippen molar-refractivity contribution >= 4 is 5.91 Å². The number of aromatic hydroxyl groups is 1. The van der Waals surface area contributed by atoms with E-state index in [-0.39, 0.29) is 24.4 Å². The summed E-state index contributed by atoms with van der Waals surface area (Å²) < 4.78 is 5.47. The van der Waals surface area contributed by atoms with Crippen molar-refractivity contribution in [1.82, 2.24) is 4.90 Å². The molecule has 0 bridgehead atoms. The van der Waals surface area contributed by atoms with E-state index in [9.17, 15) is 9.90 Å². The Hall–Kier alpha value is -1.59. The van der Waals surface area contributed by atoms with E-state index in [2.05, 4.69) is 0 Å². The van der Waals surface area contributed by atoms with E-state index in [0.29, 0.717) is 25.3 Å². The Morgan fingerprint density at radius 2 is 2.10 bits per heavy atom. The zero-order valence-electron chi connectivity index (χ0n) is 11.7. The molecular formula is C15H21NO4. The molecule has 1 heterocycles. The molecule has 2 rings (SSSR count). The minimum atomic E-state index is -0.136. The van der Waals surface area contributed by atoms with E-state index in [1.165, 1.54) is 0 Å². The lowest BCUT2D eigenvalue weighted by Crippen LogP contribution is -2.41. The average molecular weight is 279 g/mol. The molecule has 20 heavy (non-hydrogen) atoms. The summed E-state index contributed by atoms with van der Waals surface area (Å²) in [5, 5.41) is 18.6. The molecule has 1 aliphatic heterocycles. The number of piperidine rings is 1. The van der Waals surface area contributed by atoms with Crippen LogP contribution in [-0.2, 0) is 4.74 Å². The number of benzene rings is 1. The molecule has 5 nitrogen and oxygen atoms in total. The monoisotopic (exact) mass is 279 g/mol. The van der Waals surface area contributed by atoms with Gasteiger partial charge < -0.3 is 19.8 Å². The first-order chi connectivity index (χ1) is 9.61. The molecule has 0 spiro atoms. The van der Waals surface area contributed by atoms with E-state index in [1.54, 1.807) is 17.0 Å².